The summed E-state index contributed by atoms with van der Waals surface area (Å²) in [6.07, 6.45) is 0. The quantitative estimate of drug-likeness (QED) is 0.863. The summed E-state index contributed by atoms with van der Waals surface area (Å²) >= 11 is 1.61. The van der Waals surface area contributed by atoms with Gasteiger partial charge in [-0.15, -0.1) is 24.2 Å². The molecule has 0 radical (unpaired) electrons. The summed E-state index contributed by atoms with van der Waals surface area (Å²) in [5, 5.41) is 3.34. The number of benzene rings is 1. The third kappa shape index (κ3) is 4.52. The smallest absolute Gasteiger partial charge is 0.233 e. The van der Waals surface area contributed by atoms with Gasteiger partial charge in [-0.3, -0.25) is 4.79 Å². The first kappa shape index (κ1) is 15.3. The minimum Gasteiger partial charge on any atom is -0.339 e. The van der Waals surface area contributed by atoms with Crippen LogP contribution < -0.4 is 5.32 Å². The molecule has 5 heteroatoms. The van der Waals surface area contributed by atoms with Crippen LogP contribution >= 0.6 is 24.2 Å². The minimum atomic E-state index is 0. The fourth-order valence-electron chi connectivity index (χ4n) is 1.91. The molecule has 0 saturated carbocycles. The van der Waals surface area contributed by atoms with Crippen LogP contribution in [0.1, 0.15) is 6.92 Å². The molecule has 1 N–H and O–H groups in total. The Morgan fingerprint density at radius 2 is 2.17 bits per heavy atom. The van der Waals surface area contributed by atoms with Crippen LogP contribution in [0.4, 0.5) is 0 Å². The molecule has 18 heavy (non-hydrogen) atoms. The van der Waals surface area contributed by atoms with Crippen LogP contribution in [-0.2, 0) is 4.79 Å². The van der Waals surface area contributed by atoms with E-state index in [0.29, 0.717) is 11.8 Å². The summed E-state index contributed by atoms with van der Waals surface area (Å²) in [5.74, 6) is 0.781. The van der Waals surface area contributed by atoms with Gasteiger partial charge in [-0.2, -0.15) is 0 Å². The van der Waals surface area contributed by atoms with E-state index in [0.717, 1.165) is 24.5 Å². The molecule has 1 unspecified atom stereocenters. The van der Waals surface area contributed by atoms with Crippen molar-refractivity contribution >= 4 is 30.1 Å². The number of carbonyl (C=O) groups excluding carboxylic acids is 1. The first-order chi connectivity index (χ1) is 8.25. The van der Waals surface area contributed by atoms with Crippen LogP contribution in [0.2, 0.25) is 0 Å². The average Bonchev–Trinajstić information content (AvgIpc) is 2.37. The standard InChI is InChI=1S/C13H18N2OS.ClH/c1-11-9-15(8-7-14-11)13(16)10-17-12-5-3-2-4-6-12;/h2-6,11,14H,7-10H2,1H3;1H. The largest absolute Gasteiger partial charge is 0.339 e. The van der Waals surface area contributed by atoms with E-state index in [-0.39, 0.29) is 18.3 Å². The molecule has 0 bridgehead atoms. The molecule has 1 aliphatic rings. The number of hydrogen-bond acceptors (Lipinski definition) is 3. The maximum atomic E-state index is 12.0. The first-order valence-electron chi connectivity index (χ1n) is 5.95. The van der Waals surface area contributed by atoms with Crippen LogP contribution in [0.3, 0.4) is 0 Å². The third-order valence-electron chi connectivity index (χ3n) is 2.83. The molecule has 1 aromatic carbocycles. The Morgan fingerprint density at radius 1 is 1.44 bits per heavy atom. The second-order valence-electron chi connectivity index (χ2n) is 4.30. The van der Waals surface area contributed by atoms with E-state index in [9.17, 15) is 4.79 Å². The fraction of sp³-hybridized carbons (Fsp3) is 0.462. The first-order valence-corrected chi connectivity index (χ1v) is 6.93. The van der Waals surface area contributed by atoms with Gasteiger partial charge in [0.15, 0.2) is 0 Å². The molecule has 1 atom stereocenters. The predicted molar refractivity (Wildman–Crippen MR) is 78.5 cm³/mol. The van der Waals surface area contributed by atoms with Gasteiger partial charge < -0.3 is 10.2 Å². The number of halogens is 1. The maximum Gasteiger partial charge on any atom is 0.233 e. The molecule has 1 heterocycles. The molecule has 100 valence electrons. The summed E-state index contributed by atoms with van der Waals surface area (Å²) in [6.45, 7) is 4.68. The number of rotatable bonds is 3. The van der Waals surface area contributed by atoms with Gasteiger partial charge in [0.2, 0.25) is 5.91 Å². The Labute approximate surface area is 119 Å². The number of amides is 1. The SMILES string of the molecule is CC1CN(C(=O)CSc2ccccc2)CCN1.Cl. The van der Waals surface area contributed by atoms with Crippen LogP contribution in [0.25, 0.3) is 0 Å². The van der Waals surface area contributed by atoms with E-state index in [1.807, 2.05) is 35.2 Å². The zero-order chi connectivity index (χ0) is 12.1. The lowest BCUT2D eigenvalue weighted by Gasteiger charge is -2.31. The number of thioether (sulfide) groups is 1. The fourth-order valence-corrected chi connectivity index (χ4v) is 2.73. The Morgan fingerprint density at radius 3 is 2.83 bits per heavy atom. The third-order valence-corrected chi connectivity index (χ3v) is 3.82. The zero-order valence-electron chi connectivity index (χ0n) is 10.5. The van der Waals surface area contributed by atoms with E-state index < -0.39 is 0 Å². The van der Waals surface area contributed by atoms with Crippen LogP contribution in [0.15, 0.2) is 35.2 Å². The minimum absolute atomic E-state index is 0. The van der Waals surface area contributed by atoms with Crippen molar-refractivity contribution in [1.82, 2.24) is 10.2 Å². The molecule has 1 aromatic rings. The Hall–Kier alpha value is -0.710. The Kier molecular flexibility index (Phi) is 6.54. The maximum absolute atomic E-state index is 12.0. The number of nitrogens with one attached hydrogen (secondary N) is 1. The van der Waals surface area contributed by atoms with Gasteiger partial charge in [0, 0.05) is 30.6 Å². The van der Waals surface area contributed by atoms with Crippen molar-refractivity contribution in [2.24, 2.45) is 0 Å². The molecule has 1 amide bonds. The lowest BCUT2D eigenvalue weighted by molar-refractivity contribution is -0.129. The highest BCUT2D eigenvalue weighted by Crippen LogP contribution is 2.17. The molecule has 1 aliphatic heterocycles. The number of nitrogens with zero attached hydrogens (tertiary/aromatic N) is 1. The molecule has 0 spiro atoms. The van der Waals surface area contributed by atoms with Gasteiger partial charge >= 0.3 is 0 Å². The number of hydrogen-bond donors (Lipinski definition) is 1. The van der Waals surface area contributed by atoms with Crippen molar-refractivity contribution in [3.63, 3.8) is 0 Å². The van der Waals surface area contributed by atoms with Gasteiger partial charge in [0.1, 0.15) is 0 Å². The van der Waals surface area contributed by atoms with E-state index in [1.165, 1.54) is 0 Å². The van der Waals surface area contributed by atoms with Crippen molar-refractivity contribution in [3.8, 4) is 0 Å². The molecule has 1 saturated heterocycles. The molecular weight excluding hydrogens is 268 g/mol. The number of piperazine rings is 1. The van der Waals surface area contributed by atoms with Crippen molar-refractivity contribution < 1.29 is 4.79 Å². The highest BCUT2D eigenvalue weighted by molar-refractivity contribution is 8.00. The predicted octanol–water partition coefficient (Wildman–Crippen LogP) is 2.02. The lowest BCUT2D eigenvalue weighted by atomic mass is 10.2. The molecule has 0 aliphatic carbocycles. The van der Waals surface area contributed by atoms with E-state index in [1.54, 1.807) is 11.8 Å². The van der Waals surface area contributed by atoms with Crippen molar-refractivity contribution in [2.75, 3.05) is 25.4 Å². The molecule has 0 aromatic heterocycles. The second-order valence-corrected chi connectivity index (χ2v) is 5.35. The normalized spacial score (nSPS) is 19.2. The zero-order valence-corrected chi connectivity index (χ0v) is 12.1. The highest BCUT2D eigenvalue weighted by Gasteiger charge is 2.19. The van der Waals surface area contributed by atoms with Gasteiger partial charge in [-0.25, -0.2) is 0 Å². The van der Waals surface area contributed by atoms with Crippen molar-refractivity contribution in [1.29, 1.82) is 0 Å². The number of carbonyl (C=O) groups is 1. The van der Waals surface area contributed by atoms with Gasteiger partial charge in [0.25, 0.3) is 0 Å². The van der Waals surface area contributed by atoms with Crippen LogP contribution in [-0.4, -0.2) is 42.2 Å². The summed E-state index contributed by atoms with van der Waals surface area (Å²) in [4.78, 5) is 15.1. The summed E-state index contributed by atoms with van der Waals surface area (Å²) < 4.78 is 0. The lowest BCUT2D eigenvalue weighted by Crippen LogP contribution is -2.51. The second kappa shape index (κ2) is 7.67. The van der Waals surface area contributed by atoms with Crippen molar-refractivity contribution in [2.45, 2.75) is 17.9 Å². The molecule has 3 nitrogen and oxygen atoms in total. The van der Waals surface area contributed by atoms with Crippen LogP contribution in [0.5, 0.6) is 0 Å². The topological polar surface area (TPSA) is 32.3 Å². The average molecular weight is 287 g/mol. The Bertz CT molecular complexity index is 375. The molecule has 1 fully saturated rings. The summed E-state index contributed by atoms with van der Waals surface area (Å²) in [6, 6.07) is 10.5. The Balaban J connectivity index is 0.00000162. The molecule has 2 rings (SSSR count). The summed E-state index contributed by atoms with van der Waals surface area (Å²) in [5.41, 5.74) is 0. The monoisotopic (exact) mass is 286 g/mol. The van der Waals surface area contributed by atoms with Gasteiger partial charge in [-0.1, -0.05) is 18.2 Å². The van der Waals surface area contributed by atoms with Gasteiger partial charge in [-0.05, 0) is 19.1 Å². The van der Waals surface area contributed by atoms with E-state index in [2.05, 4.69) is 12.2 Å². The van der Waals surface area contributed by atoms with Gasteiger partial charge in [0.05, 0.1) is 5.75 Å². The highest BCUT2D eigenvalue weighted by atomic mass is 35.5. The molecular formula is C13H19ClN2OS. The van der Waals surface area contributed by atoms with Crippen LogP contribution in [0, 0.1) is 0 Å². The van der Waals surface area contributed by atoms with E-state index in [4.69, 9.17) is 0 Å². The van der Waals surface area contributed by atoms with Crippen molar-refractivity contribution in [3.05, 3.63) is 30.3 Å². The van der Waals surface area contributed by atoms with E-state index >= 15 is 0 Å². The summed E-state index contributed by atoms with van der Waals surface area (Å²) in [7, 11) is 0.